The molecule has 0 saturated heterocycles. The molecule has 94 valence electrons. The van der Waals surface area contributed by atoms with E-state index in [0.29, 0.717) is 11.2 Å². The number of halogens is 1. The number of aryl methyl sites for hydroxylation is 1. The molecule has 4 nitrogen and oxygen atoms in total. The molecular formula is C13H15ClN4. The second-order valence-electron chi connectivity index (χ2n) is 4.71. The standard InChI is InChI=1S/C13H15ClN4/c1-9-4-10(5-17-13(9)14)16-7-12-6-15-8-18(12)11-2-3-11/h4-6,8,11,16H,2-3,7H2,1H3. The molecule has 2 aromatic heterocycles. The average molecular weight is 263 g/mol. The highest BCUT2D eigenvalue weighted by atomic mass is 35.5. The number of pyridine rings is 1. The molecule has 0 aliphatic heterocycles. The van der Waals surface area contributed by atoms with Crippen molar-refractivity contribution >= 4 is 17.3 Å². The Balaban J connectivity index is 1.69. The third kappa shape index (κ3) is 2.34. The summed E-state index contributed by atoms with van der Waals surface area (Å²) >= 11 is 5.90. The molecule has 3 rings (SSSR count). The van der Waals surface area contributed by atoms with Gasteiger partial charge in [-0.3, -0.25) is 0 Å². The van der Waals surface area contributed by atoms with Gasteiger partial charge in [0.25, 0.3) is 0 Å². The van der Waals surface area contributed by atoms with E-state index >= 15 is 0 Å². The van der Waals surface area contributed by atoms with Crippen molar-refractivity contribution in [2.75, 3.05) is 5.32 Å². The van der Waals surface area contributed by atoms with Crippen molar-refractivity contribution < 1.29 is 0 Å². The van der Waals surface area contributed by atoms with Gasteiger partial charge in [-0.25, -0.2) is 9.97 Å². The number of nitrogens with one attached hydrogen (secondary N) is 1. The molecule has 0 radical (unpaired) electrons. The highest BCUT2D eigenvalue weighted by molar-refractivity contribution is 6.30. The van der Waals surface area contributed by atoms with Crippen molar-refractivity contribution in [3.63, 3.8) is 0 Å². The number of rotatable bonds is 4. The lowest BCUT2D eigenvalue weighted by Gasteiger charge is -2.09. The second-order valence-corrected chi connectivity index (χ2v) is 5.07. The van der Waals surface area contributed by atoms with E-state index in [1.807, 2.05) is 25.5 Å². The fourth-order valence-electron chi connectivity index (χ4n) is 2.00. The Hall–Kier alpha value is -1.55. The van der Waals surface area contributed by atoms with Gasteiger partial charge in [0.15, 0.2) is 0 Å². The third-order valence-corrected chi connectivity index (χ3v) is 3.57. The zero-order valence-corrected chi connectivity index (χ0v) is 11.0. The molecule has 1 saturated carbocycles. The minimum Gasteiger partial charge on any atom is -0.378 e. The van der Waals surface area contributed by atoms with E-state index < -0.39 is 0 Å². The Kier molecular flexibility index (Phi) is 2.96. The molecule has 1 fully saturated rings. The largest absolute Gasteiger partial charge is 0.378 e. The molecule has 0 bridgehead atoms. The molecule has 1 N–H and O–H groups in total. The molecule has 2 heterocycles. The van der Waals surface area contributed by atoms with Crippen molar-refractivity contribution in [2.45, 2.75) is 32.4 Å². The minimum atomic E-state index is 0.559. The predicted molar refractivity (Wildman–Crippen MR) is 71.8 cm³/mol. The van der Waals surface area contributed by atoms with Crippen LogP contribution in [-0.4, -0.2) is 14.5 Å². The molecule has 1 aliphatic carbocycles. The maximum atomic E-state index is 5.90. The van der Waals surface area contributed by atoms with Gasteiger partial charge in [0.2, 0.25) is 0 Å². The van der Waals surface area contributed by atoms with E-state index in [-0.39, 0.29) is 0 Å². The predicted octanol–water partition coefficient (Wildman–Crippen LogP) is 3.19. The van der Waals surface area contributed by atoms with Crippen LogP contribution in [0.1, 0.15) is 30.1 Å². The van der Waals surface area contributed by atoms with Gasteiger partial charge in [0.05, 0.1) is 30.5 Å². The minimum absolute atomic E-state index is 0.559. The van der Waals surface area contributed by atoms with Crippen LogP contribution in [0.3, 0.4) is 0 Å². The molecule has 1 aliphatic rings. The van der Waals surface area contributed by atoms with Gasteiger partial charge in [-0.2, -0.15) is 0 Å². The first-order chi connectivity index (χ1) is 8.74. The Bertz CT molecular complexity index is 560. The number of nitrogens with zero attached hydrogens (tertiary/aromatic N) is 3. The summed E-state index contributed by atoms with van der Waals surface area (Å²) in [6, 6.07) is 2.67. The summed E-state index contributed by atoms with van der Waals surface area (Å²) < 4.78 is 2.25. The number of hydrogen-bond acceptors (Lipinski definition) is 3. The highest BCUT2D eigenvalue weighted by Crippen LogP contribution is 2.35. The lowest BCUT2D eigenvalue weighted by atomic mass is 10.3. The highest BCUT2D eigenvalue weighted by Gasteiger charge is 2.24. The summed E-state index contributed by atoms with van der Waals surface area (Å²) in [7, 11) is 0. The molecule has 0 unspecified atom stereocenters. The number of hydrogen-bond donors (Lipinski definition) is 1. The zero-order chi connectivity index (χ0) is 12.5. The van der Waals surface area contributed by atoms with E-state index in [9.17, 15) is 0 Å². The molecule has 0 amide bonds. The van der Waals surface area contributed by atoms with E-state index in [2.05, 4.69) is 19.9 Å². The van der Waals surface area contributed by atoms with Crippen LogP contribution in [0.2, 0.25) is 5.15 Å². The molecule has 0 spiro atoms. The fourth-order valence-corrected chi connectivity index (χ4v) is 2.10. The fraction of sp³-hybridized carbons (Fsp3) is 0.385. The average Bonchev–Trinajstić information content (AvgIpc) is 3.10. The summed E-state index contributed by atoms with van der Waals surface area (Å²) in [6.07, 6.45) is 8.13. The van der Waals surface area contributed by atoms with Crippen molar-refractivity contribution in [3.8, 4) is 0 Å². The number of imidazole rings is 1. The van der Waals surface area contributed by atoms with Crippen LogP contribution < -0.4 is 5.32 Å². The Morgan fingerprint density at radius 3 is 3.00 bits per heavy atom. The van der Waals surface area contributed by atoms with E-state index in [1.165, 1.54) is 18.5 Å². The summed E-state index contributed by atoms with van der Waals surface area (Å²) in [5.74, 6) is 0. The van der Waals surface area contributed by atoms with E-state index in [1.54, 1.807) is 6.20 Å². The van der Waals surface area contributed by atoms with Gasteiger partial charge in [0, 0.05) is 12.2 Å². The number of anilines is 1. The van der Waals surface area contributed by atoms with Gasteiger partial charge in [-0.15, -0.1) is 0 Å². The monoisotopic (exact) mass is 262 g/mol. The Morgan fingerprint density at radius 2 is 2.28 bits per heavy atom. The van der Waals surface area contributed by atoms with Crippen LogP contribution in [0.25, 0.3) is 0 Å². The Morgan fingerprint density at radius 1 is 1.44 bits per heavy atom. The van der Waals surface area contributed by atoms with Gasteiger partial charge in [-0.1, -0.05) is 11.6 Å². The normalized spacial score (nSPS) is 14.8. The first-order valence-corrected chi connectivity index (χ1v) is 6.48. The van der Waals surface area contributed by atoms with Crippen molar-refractivity contribution in [1.29, 1.82) is 0 Å². The lowest BCUT2D eigenvalue weighted by molar-refractivity contribution is 0.701. The van der Waals surface area contributed by atoms with E-state index in [4.69, 9.17) is 11.6 Å². The van der Waals surface area contributed by atoms with Crippen LogP contribution in [0.4, 0.5) is 5.69 Å². The summed E-state index contributed by atoms with van der Waals surface area (Å²) in [5.41, 5.74) is 3.18. The van der Waals surface area contributed by atoms with Gasteiger partial charge >= 0.3 is 0 Å². The molecule has 5 heteroatoms. The van der Waals surface area contributed by atoms with Crippen LogP contribution in [0.5, 0.6) is 0 Å². The maximum absolute atomic E-state index is 5.90. The van der Waals surface area contributed by atoms with Crippen LogP contribution >= 0.6 is 11.6 Å². The van der Waals surface area contributed by atoms with Crippen LogP contribution in [0.15, 0.2) is 24.8 Å². The molecule has 2 aromatic rings. The smallest absolute Gasteiger partial charge is 0.132 e. The summed E-state index contributed by atoms with van der Waals surface area (Å²) in [4.78, 5) is 8.34. The van der Waals surface area contributed by atoms with Gasteiger partial charge in [-0.05, 0) is 31.4 Å². The van der Waals surface area contributed by atoms with Crippen LogP contribution in [-0.2, 0) is 6.54 Å². The van der Waals surface area contributed by atoms with E-state index in [0.717, 1.165) is 17.8 Å². The molecular weight excluding hydrogens is 248 g/mol. The topological polar surface area (TPSA) is 42.7 Å². The Labute approximate surface area is 111 Å². The zero-order valence-electron chi connectivity index (χ0n) is 10.2. The molecule has 18 heavy (non-hydrogen) atoms. The quantitative estimate of drug-likeness (QED) is 0.861. The first kappa shape index (κ1) is 11.5. The summed E-state index contributed by atoms with van der Waals surface area (Å²) in [5, 5.41) is 3.92. The maximum Gasteiger partial charge on any atom is 0.132 e. The second kappa shape index (κ2) is 4.61. The molecule has 0 atom stereocenters. The van der Waals surface area contributed by atoms with Crippen LogP contribution in [0, 0.1) is 6.92 Å². The van der Waals surface area contributed by atoms with Gasteiger partial charge in [0.1, 0.15) is 5.15 Å². The van der Waals surface area contributed by atoms with Crippen molar-refractivity contribution in [2.24, 2.45) is 0 Å². The van der Waals surface area contributed by atoms with Crippen molar-refractivity contribution in [1.82, 2.24) is 14.5 Å². The first-order valence-electron chi connectivity index (χ1n) is 6.11. The van der Waals surface area contributed by atoms with Gasteiger partial charge < -0.3 is 9.88 Å². The van der Waals surface area contributed by atoms with Crippen molar-refractivity contribution in [3.05, 3.63) is 41.2 Å². The lowest BCUT2D eigenvalue weighted by Crippen LogP contribution is -2.06. The summed E-state index contributed by atoms with van der Waals surface area (Å²) in [6.45, 7) is 2.72. The molecule has 0 aromatic carbocycles. The third-order valence-electron chi connectivity index (χ3n) is 3.17. The number of aromatic nitrogens is 3. The SMILES string of the molecule is Cc1cc(NCc2cncn2C2CC2)cnc1Cl.